The molecule has 8 heteroatoms. The smallest absolute Gasteiger partial charge is 0.308 e. The van der Waals surface area contributed by atoms with Crippen LogP contribution in [0.2, 0.25) is 5.02 Å². The van der Waals surface area contributed by atoms with Crippen LogP contribution < -0.4 is 0 Å². The molecule has 1 aromatic rings. The van der Waals surface area contributed by atoms with Crippen molar-refractivity contribution in [3.63, 3.8) is 0 Å². The molecule has 0 saturated carbocycles. The Morgan fingerprint density at radius 3 is 2.71 bits per heavy atom. The maximum Gasteiger partial charge on any atom is 0.308 e. The molecule has 0 radical (unpaired) electrons. The van der Waals surface area contributed by atoms with Gasteiger partial charge in [-0.15, -0.1) is 0 Å². The first kappa shape index (κ1) is 16.2. The van der Waals surface area contributed by atoms with E-state index in [4.69, 9.17) is 16.7 Å². The van der Waals surface area contributed by atoms with Gasteiger partial charge in [-0.3, -0.25) is 4.79 Å². The standard InChI is InChI=1S/C13H15ClFNO4S/c1-8-10(13(17)18)3-2-6-16(8)21(19,20)12-5-4-9(14)7-11(12)15/h4-5,7-8,10H,2-3,6H2,1H3,(H,17,18)/t8-,10-/m1/s1. The maximum absolute atomic E-state index is 13.9. The van der Waals surface area contributed by atoms with Crippen LogP contribution in [0.15, 0.2) is 23.1 Å². The van der Waals surface area contributed by atoms with Crippen molar-refractivity contribution in [2.45, 2.75) is 30.7 Å². The number of benzene rings is 1. The molecule has 2 atom stereocenters. The molecule has 1 heterocycles. The summed E-state index contributed by atoms with van der Waals surface area (Å²) < 4.78 is 40.0. The third-order valence-corrected chi connectivity index (χ3v) is 5.98. The van der Waals surface area contributed by atoms with Crippen molar-refractivity contribution in [2.75, 3.05) is 6.54 Å². The molecule has 5 nitrogen and oxygen atoms in total. The number of sulfonamides is 1. The summed E-state index contributed by atoms with van der Waals surface area (Å²) >= 11 is 5.62. The highest BCUT2D eigenvalue weighted by Gasteiger charge is 2.40. The first-order valence-corrected chi connectivity index (χ1v) is 8.26. The van der Waals surface area contributed by atoms with Gasteiger partial charge in [0.05, 0.1) is 5.92 Å². The number of halogens is 2. The summed E-state index contributed by atoms with van der Waals surface area (Å²) in [6.07, 6.45) is 0.835. The molecule has 0 aliphatic carbocycles. The van der Waals surface area contributed by atoms with Crippen molar-refractivity contribution in [2.24, 2.45) is 5.92 Å². The Morgan fingerprint density at radius 2 is 2.14 bits per heavy atom. The molecule has 1 saturated heterocycles. The fourth-order valence-corrected chi connectivity index (χ4v) is 4.50. The van der Waals surface area contributed by atoms with E-state index in [1.54, 1.807) is 0 Å². The molecular formula is C13H15ClFNO4S. The first-order valence-electron chi connectivity index (χ1n) is 6.45. The second-order valence-corrected chi connectivity index (χ2v) is 7.31. The summed E-state index contributed by atoms with van der Waals surface area (Å²) in [7, 11) is -4.09. The van der Waals surface area contributed by atoms with E-state index >= 15 is 0 Å². The van der Waals surface area contributed by atoms with Crippen molar-refractivity contribution in [3.05, 3.63) is 29.0 Å². The van der Waals surface area contributed by atoms with E-state index in [2.05, 4.69) is 0 Å². The van der Waals surface area contributed by atoms with Gasteiger partial charge in [-0.1, -0.05) is 11.6 Å². The summed E-state index contributed by atoms with van der Waals surface area (Å²) in [5, 5.41) is 9.24. The molecule has 0 bridgehead atoms. The molecule has 1 aromatic carbocycles. The van der Waals surface area contributed by atoms with E-state index in [1.807, 2.05) is 0 Å². The highest BCUT2D eigenvalue weighted by atomic mass is 35.5. The number of hydrogen-bond donors (Lipinski definition) is 1. The largest absolute Gasteiger partial charge is 0.481 e. The van der Waals surface area contributed by atoms with Crippen LogP contribution >= 0.6 is 11.6 Å². The van der Waals surface area contributed by atoms with Crippen molar-refractivity contribution in [1.29, 1.82) is 0 Å². The number of carboxylic acid groups (broad SMARTS) is 1. The molecule has 0 spiro atoms. The van der Waals surface area contributed by atoms with E-state index in [-0.39, 0.29) is 11.6 Å². The maximum atomic E-state index is 13.9. The molecule has 1 N–H and O–H groups in total. The fraction of sp³-hybridized carbons (Fsp3) is 0.462. The van der Waals surface area contributed by atoms with Gasteiger partial charge in [-0.25, -0.2) is 12.8 Å². The highest BCUT2D eigenvalue weighted by Crippen LogP contribution is 2.31. The van der Waals surface area contributed by atoms with Gasteiger partial charge >= 0.3 is 5.97 Å². The second kappa shape index (κ2) is 5.90. The number of piperidine rings is 1. The van der Waals surface area contributed by atoms with Crippen LogP contribution in [-0.4, -0.2) is 36.4 Å². The van der Waals surface area contributed by atoms with Crippen molar-refractivity contribution in [1.82, 2.24) is 4.31 Å². The van der Waals surface area contributed by atoms with E-state index in [1.165, 1.54) is 13.0 Å². The Labute approximate surface area is 127 Å². The van der Waals surface area contributed by atoms with Gasteiger partial charge in [0, 0.05) is 17.6 Å². The first-order chi connectivity index (χ1) is 9.75. The van der Waals surface area contributed by atoms with Crippen molar-refractivity contribution < 1.29 is 22.7 Å². The second-order valence-electron chi connectivity index (χ2n) is 5.02. The highest BCUT2D eigenvalue weighted by molar-refractivity contribution is 7.89. The van der Waals surface area contributed by atoms with Crippen LogP contribution in [0.5, 0.6) is 0 Å². The van der Waals surface area contributed by atoms with Gasteiger partial charge < -0.3 is 5.11 Å². The lowest BCUT2D eigenvalue weighted by molar-refractivity contribution is -0.144. The number of hydrogen-bond acceptors (Lipinski definition) is 3. The number of rotatable bonds is 3. The predicted molar refractivity (Wildman–Crippen MR) is 75.1 cm³/mol. The van der Waals surface area contributed by atoms with Crippen LogP contribution in [0, 0.1) is 11.7 Å². The van der Waals surface area contributed by atoms with Gasteiger partial charge in [0.25, 0.3) is 0 Å². The molecule has 1 aliphatic heterocycles. The van der Waals surface area contributed by atoms with Gasteiger partial charge in [-0.2, -0.15) is 4.31 Å². The molecule has 116 valence electrons. The predicted octanol–water partition coefficient (Wildman–Crippen LogP) is 2.35. The monoisotopic (exact) mass is 335 g/mol. The number of carbonyl (C=O) groups is 1. The van der Waals surface area contributed by atoms with Crippen LogP contribution in [-0.2, 0) is 14.8 Å². The third-order valence-electron chi connectivity index (χ3n) is 3.73. The minimum Gasteiger partial charge on any atom is -0.481 e. The van der Waals surface area contributed by atoms with E-state index < -0.39 is 38.7 Å². The van der Waals surface area contributed by atoms with Crippen LogP contribution in [0.3, 0.4) is 0 Å². The van der Waals surface area contributed by atoms with E-state index in [9.17, 15) is 17.6 Å². The summed E-state index contributed by atoms with van der Waals surface area (Å²) in [6, 6.07) is 2.60. The molecular weight excluding hydrogens is 321 g/mol. The number of nitrogens with zero attached hydrogens (tertiary/aromatic N) is 1. The average Bonchev–Trinajstić information content (AvgIpc) is 2.37. The average molecular weight is 336 g/mol. The summed E-state index contributed by atoms with van der Waals surface area (Å²) in [4.78, 5) is 10.7. The Kier molecular flexibility index (Phi) is 4.55. The molecule has 0 amide bonds. The minimum absolute atomic E-state index is 0.0987. The number of carboxylic acids is 1. The van der Waals surface area contributed by atoms with Crippen LogP contribution in [0.4, 0.5) is 4.39 Å². The zero-order valence-corrected chi connectivity index (χ0v) is 12.9. The molecule has 1 aliphatic rings. The Morgan fingerprint density at radius 1 is 1.48 bits per heavy atom. The van der Waals surface area contributed by atoms with Gasteiger partial charge in [0.15, 0.2) is 0 Å². The molecule has 0 unspecified atom stereocenters. The summed E-state index contributed by atoms with van der Waals surface area (Å²) in [5.74, 6) is -2.77. The zero-order chi connectivity index (χ0) is 15.8. The summed E-state index contributed by atoms with van der Waals surface area (Å²) in [5.41, 5.74) is 0. The zero-order valence-electron chi connectivity index (χ0n) is 11.3. The van der Waals surface area contributed by atoms with Crippen LogP contribution in [0.25, 0.3) is 0 Å². The lowest BCUT2D eigenvalue weighted by atomic mass is 9.92. The quantitative estimate of drug-likeness (QED) is 0.920. The minimum atomic E-state index is -4.09. The summed E-state index contributed by atoms with van der Waals surface area (Å²) in [6.45, 7) is 1.71. The normalized spacial score (nSPS) is 24.0. The SMILES string of the molecule is C[C@@H]1[C@H](C(=O)O)CCCN1S(=O)(=O)c1ccc(Cl)cc1F. The fourth-order valence-electron chi connectivity index (χ4n) is 2.59. The number of aliphatic carboxylic acids is 1. The third kappa shape index (κ3) is 3.04. The lowest BCUT2D eigenvalue weighted by Gasteiger charge is -2.36. The Bertz CT molecular complexity index is 664. The Balaban J connectivity index is 2.41. The lowest BCUT2D eigenvalue weighted by Crippen LogP contribution is -2.49. The molecule has 0 aromatic heterocycles. The molecule has 21 heavy (non-hydrogen) atoms. The molecule has 1 fully saturated rings. The van der Waals surface area contributed by atoms with Crippen LogP contribution in [0.1, 0.15) is 19.8 Å². The van der Waals surface area contributed by atoms with Gasteiger partial charge in [-0.05, 0) is 38.0 Å². The molecule has 2 rings (SSSR count). The van der Waals surface area contributed by atoms with E-state index in [0.29, 0.717) is 12.8 Å². The topological polar surface area (TPSA) is 74.7 Å². The Hall–Kier alpha value is -1.18. The van der Waals surface area contributed by atoms with Gasteiger partial charge in [0.2, 0.25) is 10.0 Å². The van der Waals surface area contributed by atoms with Crippen molar-refractivity contribution in [3.8, 4) is 0 Å². The van der Waals surface area contributed by atoms with E-state index in [0.717, 1.165) is 16.4 Å². The van der Waals surface area contributed by atoms with Crippen molar-refractivity contribution >= 4 is 27.6 Å². The van der Waals surface area contributed by atoms with Gasteiger partial charge in [0.1, 0.15) is 10.7 Å².